The van der Waals surface area contributed by atoms with E-state index in [-0.39, 0.29) is 36.7 Å². The van der Waals surface area contributed by atoms with Gasteiger partial charge in [-0.1, -0.05) is 18.2 Å². The fraction of sp³-hybridized carbons (Fsp3) is 0.318. The smallest absolute Gasteiger partial charge is 0.261 e. The zero-order valence-corrected chi connectivity index (χ0v) is 16.1. The molecular weight excluding hydrogens is 372 g/mol. The first-order valence-corrected chi connectivity index (χ1v) is 9.69. The predicted octanol–water partition coefficient (Wildman–Crippen LogP) is 2.71. The second-order valence-electron chi connectivity index (χ2n) is 7.10. The van der Waals surface area contributed by atoms with Crippen molar-refractivity contribution in [3.63, 3.8) is 0 Å². The summed E-state index contributed by atoms with van der Waals surface area (Å²) in [6, 6.07) is 12.2. The maximum Gasteiger partial charge on any atom is 0.261 e. The summed E-state index contributed by atoms with van der Waals surface area (Å²) in [5, 5.41) is 2.94. The van der Waals surface area contributed by atoms with Crippen LogP contribution in [0.2, 0.25) is 0 Å². The highest BCUT2D eigenvalue weighted by atomic mass is 16.6. The Hall–Kier alpha value is -3.35. The molecule has 0 aliphatic carbocycles. The Kier molecular flexibility index (Phi) is 5.20. The van der Waals surface area contributed by atoms with Crippen molar-refractivity contribution in [1.29, 1.82) is 0 Å². The van der Waals surface area contributed by atoms with Crippen molar-refractivity contribution in [2.45, 2.75) is 25.8 Å². The maximum atomic E-state index is 12.3. The van der Waals surface area contributed by atoms with Crippen LogP contribution in [0.1, 0.15) is 52.1 Å². The van der Waals surface area contributed by atoms with E-state index >= 15 is 0 Å². The Morgan fingerprint density at radius 2 is 1.69 bits per heavy atom. The molecule has 150 valence electrons. The molecule has 2 aromatic carbocycles. The third kappa shape index (κ3) is 3.81. The van der Waals surface area contributed by atoms with Crippen LogP contribution in [0.3, 0.4) is 0 Å². The summed E-state index contributed by atoms with van der Waals surface area (Å²) < 4.78 is 11.1. The van der Waals surface area contributed by atoms with E-state index in [2.05, 4.69) is 5.32 Å². The molecule has 1 atom stereocenters. The van der Waals surface area contributed by atoms with Crippen LogP contribution in [0.15, 0.2) is 42.5 Å². The average Bonchev–Trinajstić information content (AvgIpc) is 2.98. The fourth-order valence-electron chi connectivity index (χ4n) is 3.57. The third-order valence-electron chi connectivity index (χ3n) is 5.11. The molecule has 4 rings (SSSR count). The van der Waals surface area contributed by atoms with E-state index in [0.29, 0.717) is 42.3 Å². The van der Waals surface area contributed by atoms with Gasteiger partial charge in [0.1, 0.15) is 13.2 Å². The van der Waals surface area contributed by atoms with Crippen LogP contribution in [0, 0.1) is 0 Å². The Morgan fingerprint density at radius 1 is 1.03 bits per heavy atom. The molecule has 2 aliphatic heterocycles. The van der Waals surface area contributed by atoms with Crippen molar-refractivity contribution in [2.75, 3.05) is 19.8 Å². The molecule has 7 nitrogen and oxygen atoms in total. The van der Waals surface area contributed by atoms with Crippen LogP contribution >= 0.6 is 0 Å². The van der Waals surface area contributed by atoms with Gasteiger partial charge in [0.25, 0.3) is 11.8 Å². The molecule has 0 saturated carbocycles. The van der Waals surface area contributed by atoms with Crippen molar-refractivity contribution in [1.82, 2.24) is 10.2 Å². The molecule has 7 heteroatoms. The zero-order valence-electron chi connectivity index (χ0n) is 16.1. The van der Waals surface area contributed by atoms with Gasteiger partial charge < -0.3 is 14.8 Å². The number of ether oxygens (including phenoxy) is 2. The number of imide groups is 1. The Morgan fingerprint density at radius 3 is 2.38 bits per heavy atom. The number of amides is 3. The van der Waals surface area contributed by atoms with E-state index in [1.807, 2.05) is 25.1 Å². The number of hydrogen-bond acceptors (Lipinski definition) is 5. The lowest BCUT2D eigenvalue weighted by molar-refractivity contribution is -0.121. The van der Waals surface area contributed by atoms with E-state index in [0.717, 1.165) is 5.56 Å². The summed E-state index contributed by atoms with van der Waals surface area (Å²) >= 11 is 0. The van der Waals surface area contributed by atoms with E-state index in [4.69, 9.17) is 9.47 Å². The topological polar surface area (TPSA) is 84.9 Å². The number of rotatable bonds is 6. The van der Waals surface area contributed by atoms with Gasteiger partial charge in [-0.15, -0.1) is 0 Å². The number of fused-ring (bicyclic) bond motifs is 2. The molecule has 2 aliphatic rings. The van der Waals surface area contributed by atoms with Gasteiger partial charge in [0.2, 0.25) is 5.91 Å². The zero-order chi connectivity index (χ0) is 20.4. The molecule has 2 heterocycles. The van der Waals surface area contributed by atoms with Crippen molar-refractivity contribution in [2.24, 2.45) is 0 Å². The van der Waals surface area contributed by atoms with Crippen molar-refractivity contribution in [3.05, 3.63) is 59.2 Å². The summed E-state index contributed by atoms with van der Waals surface area (Å²) in [4.78, 5) is 38.2. The third-order valence-corrected chi connectivity index (χ3v) is 5.11. The van der Waals surface area contributed by atoms with Crippen LogP contribution in [0.5, 0.6) is 11.5 Å². The first-order chi connectivity index (χ1) is 14.0. The molecule has 0 saturated heterocycles. The van der Waals surface area contributed by atoms with Gasteiger partial charge in [-0.2, -0.15) is 0 Å². The first kappa shape index (κ1) is 19.0. The molecule has 3 amide bonds. The number of nitrogens with one attached hydrogen (secondary N) is 1. The van der Waals surface area contributed by atoms with Crippen molar-refractivity contribution >= 4 is 17.7 Å². The molecule has 0 spiro atoms. The molecule has 0 aromatic heterocycles. The lowest BCUT2D eigenvalue weighted by atomic mass is 10.1. The molecule has 1 N–H and O–H groups in total. The normalized spacial score (nSPS) is 15.8. The Labute approximate surface area is 168 Å². The van der Waals surface area contributed by atoms with Crippen LogP contribution in [0.4, 0.5) is 0 Å². The summed E-state index contributed by atoms with van der Waals surface area (Å²) in [6.45, 7) is 3.16. The summed E-state index contributed by atoms with van der Waals surface area (Å²) in [5.41, 5.74) is 1.77. The van der Waals surface area contributed by atoms with E-state index < -0.39 is 0 Å². The molecule has 0 fully saturated rings. The second kappa shape index (κ2) is 7.95. The van der Waals surface area contributed by atoms with Gasteiger partial charge >= 0.3 is 0 Å². The minimum Gasteiger partial charge on any atom is -0.486 e. The Bertz CT molecular complexity index is 936. The van der Waals surface area contributed by atoms with Crippen LogP contribution < -0.4 is 14.8 Å². The number of carbonyl (C=O) groups excluding carboxylic acids is 3. The standard InChI is InChI=1S/C22H22N2O5/c1-14(15-8-9-18-19(13-15)29-12-11-28-18)23-20(25)7-4-10-24-21(26)16-5-2-3-6-17(16)22(24)27/h2-3,5-6,8-9,13-14H,4,7,10-12H2,1H3,(H,23,25)/t14-/m1/s1. The van der Waals surface area contributed by atoms with E-state index in [1.54, 1.807) is 24.3 Å². The van der Waals surface area contributed by atoms with Crippen LogP contribution in [0.25, 0.3) is 0 Å². The largest absolute Gasteiger partial charge is 0.486 e. The van der Waals surface area contributed by atoms with E-state index in [9.17, 15) is 14.4 Å². The van der Waals surface area contributed by atoms with Crippen LogP contribution in [-0.2, 0) is 4.79 Å². The average molecular weight is 394 g/mol. The maximum absolute atomic E-state index is 12.3. The molecule has 0 radical (unpaired) electrons. The van der Waals surface area contributed by atoms with Crippen LogP contribution in [-0.4, -0.2) is 42.4 Å². The number of hydrogen-bond donors (Lipinski definition) is 1. The highest BCUT2D eigenvalue weighted by Crippen LogP contribution is 2.32. The van der Waals surface area contributed by atoms with Gasteiger partial charge in [-0.05, 0) is 43.2 Å². The van der Waals surface area contributed by atoms with Crippen molar-refractivity contribution in [3.8, 4) is 11.5 Å². The Balaban J connectivity index is 1.28. The summed E-state index contributed by atoms with van der Waals surface area (Å²) in [5.74, 6) is 0.662. The predicted molar refractivity (Wildman–Crippen MR) is 105 cm³/mol. The second-order valence-corrected chi connectivity index (χ2v) is 7.10. The molecule has 29 heavy (non-hydrogen) atoms. The quantitative estimate of drug-likeness (QED) is 0.762. The fourth-order valence-corrected chi connectivity index (χ4v) is 3.57. The molecule has 0 unspecified atom stereocenters. The lowest BCUT2D eigenvalue weighted by Gasteiger charge is -2.21. The monoisotopic (exact) mass is 394 g/mol. The SMILES string of the molecule is C[C@@H](NC(=O)CCCN1C(=O)c2ccccc2C1=O)c1ccc2c(c1)OCCO2. The van der Waals surface area contributed by atoms with Gasteiger partial charge in [-0.3, -0.25) is 19.3 Å². The molecular formula is C22H22N2O5. The summed E-state index contributed by atoms with van der Waals surface area (Å²) in [7, 11) is 0. The van der Waals surface area contributed by atoms with Gasteiger partial charge in [0.15, 0.2) is 11.5 Å². The summed E-state index contributed by atoms with van der Waals surface area (Å²) in [6.07, 6.45) is 0.632. The lowest BCUT2D eigenvalue weighted by Crippen LogP contribution is -2.32. The first-order valence-electron chi connectivity index (χ1n) is 9.69. The van der Waals surface area contributed by atoms with Crippen molar-refractivity contribution < 1.29 is 23.9 Å². The number of carbonyl (C=O) groups is 3. The molecule has 0 bridgehead atoms. The number of benzene rings is 2. The van der Waals surface area contributed by atoms with Gasteiger partial charge in [0.05, 0.1) is 17.2 Å². The minimum absolute atomic E-state index is 0.135. The van der Waals surface area contributed by atoms with Gasteiger partial charge in [-0.25, -0.2) is 0 Å². The number of nitrogens with zero attached hydrogens (tertiary/aromatic N) is 1. The van der Waals surface area contributed by atoms with Gasteiger partial charge in [0, 0.05) is 13.0 Å². The minimum atomic E-state index is -0.296. The highest BCUT2D eigenvalue weighted by Gasteiger charge is 2.34. The highest BCUT2D eigenvalue weighted by molar-refractivity contribution is 6.21. The molecule has 2 aromatic rings. The van der Waals surface area contributed by atoms with E-state index in [1.165, 1.54) is 4.90 Å².